The van der Waals surface area contributed by atoms with E-state index in [0.717, 1.165) is 0 Å². The van der Waals surface area contributed by atoms with Crippen molar-refractivity contribution in [1.29, 1.82) is 0 Å². The van der Waals surface area contributed by atoms with Gasteiger partial charge in [0.1, 0.15) is 5.82 Å². The Hall–Kier alpha value is -1.94. The monoisotopic (exact) mass is 287 g/mol. The van der Waals surface area contributed by atoms with Crippen molar-refractivity contribution in [3.05, 3.63) is 47.8 Å². The molecule has 1 aliphatic heterocycles. The Balaban J connectivity index is 2.00. The molecular formula is C17H18FNO2. The molecule has 1 aliphatic rings. The highest BCUT2D eigenvalue weighted by atomic mass is 19.1. The van der Waals surface area contributed by atoms with Crippen molar-refractivity contribution < 1.29 is 13.9 Å². The maximum Gasteiger partial charge on any atom is 0.254 e. The number of morpholine rings is 1. The molecular weight excluding hydrogens is 269 g/mol. The van der Waals surface area contributed by atoms with E-state index in [4.69, 9.17) is 4.74 Å². The van der Waals surface area contributed by atoms with E-state index in [2.05, 4.69) is 0 Å². The van der Waals surface area contributed by atoms with E-state index in [1.54, 1.807) is 29.2 Å². The van der Waals surface area contributed by atoms with Gasteiger partial charge in [-0.1, -0.05) is 24.3 Å². The number of hydrogen-bond acceptors (Lipinski definition) is 2. The van der Waals surface area contributed by atoms with E-state index >= 15 is 0 Å². The zero-order valence-corrected chi connectivity index (χ0v) is 12.2. The molecule has 3 nitrogen and oxygen atoms in total. The van der Waals surface area contributed by atoms with Crippen LogP contribution in [0.15, 0.2) is 36.4 Å². The molecule has 0 saturated carbocycles. The van der Waals surface area contributed by atoms with Crippen LogP contribution in [0.3, 0.4) is 0 Å². The summed E-state index contributed by atoms with van der Waals surface area (Å²) in [7, 11) is 0. The van der Waals surface area contributed by atoms with Gasteiger partial charge in [-0.2, -0.15) is 0 Å². The summed E-state index contributed by atoms with van der Waals surface area (Å²) in [5, 5.41) is 1.15. The number of benzene rings is 2. The highest BCUT2D eigenvalue weighted by Gasteiger charge is 2.27. The molecule has 21 heavy (non-hydrogen) atoms. The number of hydrogen-bond donors (Lipinski definition) is 0. The number of carbonyl (C=O) groups is 1. The molecule has 1 heterocycles. The van der Waals surface area contributed by atoms with Crippen molar-refractivity contribution in [3.63, 3.8) is 0 Å². The maximum atomic E-state index is 13.9. The van der Waals surface area contributed by atoms with E-state index < -0.39 is 0 Å². The summed E-state index contributed by atoms with van der Waals surface area (Å²) >= 11 is 0. The number of halogens is 1. The summed E-state index contributed by atoms with van der Waals surface area (Å²) in [4.78, 5) is 14.6. The minimum atomic E-state index is -0.300. The molecule has 0 unspecified atom stereocenters. The van der Waals surface area contributed by atoms with Crippen molar-refractivity contribution in [3.8, 4) is 0 Å². The standard InChI is InChI=1S/C17H18FNO2/c1-11-9-19(10-12(2)21-11)17(20)15-7-8-16(18)14-6-4-3-5-13(14)15/h3-8,11-12H,9-10H2,1-2H3/t11-,12+. The summed E-state index contributed by atoms with van der Waals surface area (Å²) in [5.41, 5.74) is 0.549. The summed E-state index contributed by atoms with van der Waals surface area (Å²) < 4.78 is 19.5. The zero-order valence-electron chi connectivity index (χ0n) is 12.2. The molecule has 0 aliphatic carbocycles. The molecule has 4 heteroatoms. The van der Waals surface area contributed by atoms with Crippen LogP contribution in [0, 0.1) is 5.82 Å². The predicted molar refractivity (Wildman–Crippen MR) is 79.8 cm³/mol. The van der Waals surface area contributed by atoms with Gasteiger partial charge >= 0.3 is 0 Å². The third kappa shape index (κ3) is 2.63. The first-order valence-corrected chi connectivity index (χ1v) is 7.18. The molecule has 1 saturated heterocycles. The smallest absolute Gasteiger partial charge is 0.254 e. The second-order valence-corrected chi connectivity index (χ2v) is 5.61. The van der Waals surface area contributed by atoms with E-state index in [9.17, 15) is 9.18 Å². The van der Waals surface area contributed by atoms with Gasteiger partial charge in [-0.3, -0.25) is 4.79 Å². The van der Waals surface area contributed by atoms with Crippen LogP contribution in [0.2, 0.25) is 0 Å². The van der Waals surface area contributed by atoms with Gasteiger partial charge < -0.3 is 9.64 Å². The SMILES string of the molecule is C[C@@H]1CN(C(=O)c2ccc(F)c3ccccc23)C[C@H](C)O1. The Kier molecular flexibility index (Phi) is 3.64. The Morgan fingerprint density at radius 3 is 2.38 bits per heavy atom. The van der Waals surface area contributed by atoms with Gasteiger partial charge in [0, 0.05) is 24.0 Å². The van der Waals surface area contributed by atoms with Crippen LogP contribution >= 0.6 is 0 Å². The molecule has 0 aromatic heterocycles. The number of carbonyl (C=O) groups excluding carboxylic acids is 1. The van der Waals surface area contributed by atoms with Gasteiger partial charge in [-0.15, -0.1) is 0 Å². The molecule has 2 atom stereocenters. The van der Waals surface area contributed by atoms with Crippen LogP contribution < -0.4 is 0 Å². The van der Waals surface area contributed by atoms with E-state index in [1.165, 1.54) is 6.07 Å². The molecule has 0 spiro atoms. The van der Waals surface area contributed by atoms with Crippen LogP contribution in [0.25, 0.3) is 10.8 Å². The minimum Gasteiger partial charge on any atom is -0.372 e. The van der Waals surface area contributed by atoms with E-state index in [0.29, 0.717) is 29.4 Å². The summed E-state index contributed by atoms with van der Waals surface area (Å²) in [6.07, 6.45) is 0.0359. The average molecular weight is 287 g/mol. The summed E-state index contributed by atoms with van der Waals surface area (Å²) in [5.74, 6) is -0.362. The second kappa shape index (κ2) is 5.45. The van der Waals surface area contributed by atoms with Crippen LogP contribution in [0.5, 0.6) is 0 Å². The van der Waals surface area contributed by atoms with Crippen LogP contribution in [-0.2, 0) is 4.74 Å². The number of fused-ring (bicyclic) bond motifs is 1. The van der Waals surface area contributed by atoms with Gasteiger partial charge in [0.05, 0.1) is 12.2 Å². The molecule has 110 valence electrons. The molecule has 0 bridgehead atoms. The molecule has 0 N–H and O–H groups in total. The predicted octanol–water partition coefficient (Wildman–Crippen LogP) is 3.23. The largest absolute Gasteiger partial charge is 0.372 e. The van der Waals surface area contributed by atoms with Crippen molar-refractivity contribution in [2.75, 3.05) is 13.1 Å². The number of rotatable bonds is 1. The lowest BCUT2D eigenvalue weighted by atomic mass is 10.0. The molecule has 2 aromatic rings. The van der Waals surface area contributed by atoms with Gasteiger partial charge in [0.15, 0.2) is 0 Å². The van der Waals surface area contributed by atoms with Crippen LogP contribution in [0.4, 0.5) is 4.39 Å². The minimum absolute atomic E-state index is 0.0180. The van der Waals surface area contributed by atoms with E-state index in [1.807, 2.05) is 19.9 Å². The van der Waals surface area contributed by atoms with Gasteiger partial charge in [0.25, 0.3) is 5.91 Å². The lowest BCUT2D eigenvalue weighted by molar-refractivity contribution is -0.0585. The summed E-state index contributed by atoms with van der Waals surface area (Å²) in [6.45, 7) is 5.04. The number of amides is 1. The van der Waals surface area contributed by atoms with Crippen molar-refractivity contribution in [2.24, 2.45) is 0 Å². The van der Waals surface area contributed by atoms with E-state index in [-0.39, 0.29) is 23.9 Å². The Morgan fingerprint density at radius 2 is 1.71 bits per heavy atom. The Bertz CT molecular complexity index is 676. The molecule has 0 radical (unpaired) electrons. The fourth-order valence-corrected chi connectivity index (χ4v) is 2.96. The zero-order chi connectivity index (χ0) is 15.0. The molecule has 1 amide bonds. The second-order valence-electron chi connectivity index (χ2n) is 5.61. The number of ether oxygens (including phenoxy) is 1. The van der Waals surface area contributed by atoms with Crippen molar-refractivity contribution in [2.45, 2.75) is 26.1 Å². The van der Waals surface area contributed by atoms with Crippen molar-refractivity contribution in [1.82, 2.24) is 4.90 Å². The van der Waals surface area contributed by atoms with Gasteiger partial charge in [-0.25, -0.2) is 4.39 Å². The quantitative estimate of drug-likeness (QED) is 0.806. The molecule has 1 fully saturated rings. The van der Waals surface area contributed by atoms with Gasteiger partial charge in [0.2, 0.25) is 0 Å². The highest BCUT2D eigenvalue weighted by Crippen LogP contribution is 2.24. The summed E-state index contributed by atoms with van der Waals surface area (Å²) in [6, 6.07) is 10.0. The van der Waals surface area contributed by atoms with Crippen molar-refractivity contribution >= 4 is 16.7 Å². The number of nitrogens with zero attached hydrogens (tertiary/aromatic N) is 1. The normalized spacial score (nSPS) is 22.5. The highest BCUT2D eigenvalue weighted by molar-refractivity contribution is 6.07. The first-order valence-electron chi connectivity index (χ1n) is 7.18. The first kappa shape index (κ1) is 14.0. The first-order chi connectivity index (χ1) is 10.1. The third-order valence-electron chi connectivity index (χ3n) is 3.81. The molecule has 3 rings (SSSR count). The lowest BCUT2D eigenvalue weighted by Crippen LogP contribution is -2.48. The Labute approximate surface area is 123 Å². The van der Waals surface area contributed by atoms with Crippen LogP contribution in [0.1, 0.15) is 24.2 Å². The fourth-order valence-electron chi connectivity index (χ4n) is 2.96. The fraction of sp³-hybridized carbons (Fsp3) is 0.353. The van der Waals surface area contributed by atoms with Gasteiger partial charge in [-0.05, 0) is 31.4 Å². The lowest BCUT2D eigenvalue weighted by Gasteiger charge is -2.35. The Morgan fingerprint density at radius 1 is 1.10 bits per heavy atom. The average Bonchev–Trinajstić information content (AvgIpc) is 2.46. The molecule has 2 aromatic carbocycles. The van der Waals surface area contributed by atoms with Crippen LogP contribution in [-0.4, -0.2) is 36.1 Å². The maximum absolute atomic E-state index is 13.9. The third-order valence-corrected chi connectivity index (χ3v) is 3.81. The topological polar surface area (TPSA) is 29.5 Å².